The Bertz CT molecular complexity index is 929. The van der Waals surface area contributed by atoms with E-state index in [9.17, 15) is 4.79 Å². The monoisotopic (exact) mass is 367 g/mol. The average molecular weight is 367 g/mol. The maximum atomic E-state index is 12.2. The molecule has 1 amide bonds. The highest BCUT2D eigenvalue weighted by Gasteiger charge is 2.06. The van der Waals surface area contributed by atoms with Gasteiger partial charge in [-0.2, -0.15) is 0 Å². The molecule has 0 bridgehead atoms. The summed E-state index contributed by atoms with van der Waals surface area (Å²) in [7, 11) is 0. The van der Waals surface area contributed by atoms with Gasteiger partial charge >= 0.3 is 0 Å². The largest absolute Gasteiger partial charge is 0.492 e. The van der Waals surface area contributed by atoms with E-state index in [1.54, 1.807) is 36.5 Å². The van der Waals surface area contributed by atoms with Crippen LogP contribution in [0.5, 0.6) is 5.75 Å². The SMILES string of the molecule is O=C(NCCOc1ccc(C(=S)NO)cc1)c1ccc2ncccc2c1. The number of aromatic nitrogens is 1. The molecule has 0 spiro atoms. The molecule has 1 heterocycles. The Hall–Kier alpha value is -3.03. The molecule has 0 fully saturated rings. The molecule has 132 valence electrons. The summed E-state index contributed by atoms with van der Waals surface area (Å²) < 4.78 is 5.58. The number of carbonyl (C=O) groups excluding carboxylic acids is 1. The maximum Gasteiger partial charge on any atom is 0.251 e. The number of nitrogens with zero attached hydrogens (tertiary/aromatic N) is 1. The molecule has 0 saturated heterocycles. The third-order valence-electron chi connectivity index (χ3n) is 3.74. The number of amides is 1. The predicted octanol–water partition coefficient (Wildman–Crippen LogP) is 2.70. The molecule has 0 radical (unpaired) electrons. The van der Waals surface area contributed by atoms with Crippen molar-refractivity contribution in [2.75, 3.05) is 13.2 Å². The van der Waals surface area contributed by atoms with E-state index in [1.807, 2.05) is 29.7 Å². The van der Waals surface area contributed by atoms with E-state index in [0.29, 0.717) is 30.0 Å². The van der Waals surface area contributed by atoms with Crippen molar-refractivity contribution in [2.45, 2.75) is 0 Å². The Balaban J connectivity index is 1.49. The lowest BCUT2D eigenvalue weighted by Crippen LogP contribution is -2.28. The second-order valence-electron chi connectivity index (χ2n) is 5.48. The molecule has 3 aromatic rings. The summed E-state index contributed by atoms with van der Waals surface area (Å²) in [5.41, 5.74) is 4.06. The summed E-state index contributed by atoms with van der Waals surface area (Å²) in [6, 6.07) is 16.1. The van der Waals surface area contributed by atoms with Gasteiger partial charge in [-0.05, 0) is 48.5 Å². The number of pyridine rings is 1. The van der Waals surface area contributed by atoms with Crippen LogP contribution in [0.25, 0.3) is 10.9 Å². The van der Waals surface area contributed by atoms with E-state index >= 15 is 0 Å². The summed E-state index contributed by atoms with van der Waals surface area (Å²) in [5, 5.41) is 12.5. The van der Waals surface area contributed by atoms with Crippen molar-refractivity contribution in [2.24, 2.45) is 0 Å². The smallest absolute Gasteiger partial charge is 0.251 e. The van der Waals surface area contributed by atoms with Gasteiger partial charge in [0.1, 0.15) is 17.3 Å². The number of rotatable bonds is 6. The first-order chi connectivity index (χ1) is 12.7. The average Bonchev–Trinajstić information content (AvgIpc) is 2.70. The van der Waals surface area contributed by atoms with Crippen LogP contribution >= 0.6 is 12.2 Å². The number of hydrogen-bond acceptors (Lipinski definition) is 5. The summed E-state index contributed by atoms with van der Waals surface area (Å²) in [4.78, 5) is 16.7. The van der Waals surface area contributed by atoms with Crippen LogP contribution in [0.15, 0.2) is 60.8 Å². The van der Waals surface area contributed by atoms with Crippen LogP contribution in [0.1, 0.15) is 15.9 Å². The number of ether oxygens (including phenoxy) is 1. The minimum absolute atomic E-state index is 0.158. The maximum absolute atomic E-state index is 12.2. The molecule has 1 aromatic heterocycles. The van der Waals surface area contributed by atoms with Crippen LogP contribution in [0.2, 0.25) is 0 Å². The van der Waals surface area contributed by atoms with Crippen LogP contribution < -0.4 is 15.5 Å². The van der Waals surface area contributed by atoms with Crippen LogP contribution in [0.4, 0.5) is 0 Å². The molecule has 26 heavy (non-hydrogen) atoms. The van der Waals surface area contributed by atoms with Gasteiger partial charge in [0.15, 0.2) is 0 Å². The minimum Gasteiger partial charge on any atom is -0.492 e. The van der Waals surface area contributed by atoms with Crippen molar-refractivity contribution < 1.29 is 14.7 Å². The quantitative estimate of drug-likeness (QED) is 0.353. The zero-order valence-corrected chi connectivity index (χ0v) is 14.6. The fourth-order valence-corrected chi connectivity index (χ4v) is 2.56. The molecule has 3 N–H and O–H groups in total. The zero-order valence-electron chi connectivity index (χ0n) is 13.8. The second-order valence-corrected chi connectivity index (χ2v) is 5.89. The second kappa shape index (κ2) is 8.37. The zero-order chi connectivity index (χ0) is 18.4. The highest BCUT2D eigenvalue weighted by molar-refractivity contribution is 7.80. The van der Waals surface area contributed by atoms with Crippen LogP contribution in [0, 0.1) is 0 Å². The number of fused-ring (bicyclic) bond motifs is 1. The topological polar surface area (TPSA) is 83.5 Å². The molecule has 0 aliphatic carbocycles. The molecular formula is C19H17N3O3S. The first kappa shape index (κ1) is 17.8. The van der Waals surface area contributed by atoms with Gasteiger partial charge in [-0.25, -0.2) is 0 Å². The molecule has 0 aliphatic rings. The molecule has 0 atom stereocenters. The molecule has 7 heteroatoms. The predicted molar refractivity (Wildman–Crippen MR) is 103 cm³/mol. The molecule has 0 aliphatic heterocycles. The number of carbonyl (C=O) groups is 1. The lowest BCUT2D eigenvalue weighted by molar-refractivity contribution is 0.0947. The Kier molecular flexibility index (Phi) is 5.73. The van der Waals surface area contributed by atoms with E-state index in [2.05, 4.69) is 10.3 Å². The molecule has 0 unspecified atom stereocenters. The Morgan fingerprint density at radius 1 is 1.12 bits per heavy atom. The molecular weight excluding hydrogens is 350 g/mol. The van der Waals surface area contributed by atoms with Crippen molar-refractivity contribution in [1.29, 1.82) is 0 Å². The summed E-state index contributed by atoms with van der Waals surface area (Å²) >= 11 is 4.92. The summed E-state index contributed by atoms with van der Waals surface area (Å²) in [6.07, 6.45) is 1.72. The Morgan fingerprint density at radius 2 is 1.88 bits per heavy atom. The molecule has 6 nitrogen and oxygen atoms in total. The lowest BCUT2D eigenvalue weighted by Gasteiger charge is -2.09. The van der Waals surface area contributed by atoms with E-state index in [1.165, 1.54) is 0 Å². The first-order valence-corrected chi connectivity index (χ1v) is 8.38. The van der Waals surface area contributed by atoms with Crippen molar-refractivity contribution in [3.8, 4) is 5.75 Å². The van der Waals surface area contributed by atoms with Gasteiger partial charge in [0.25, 0.3) is 5.91 Å². The van der Waals surface area contributed by atoms with E-state index < -0.39 is 0 Å². The fraction of sp³-hybridized carbons (Fsp3) is 0.105. The van der Waals surface area contributed by atoms with Gasteiger partial charge in [0.2, 0.25) is 0 Å². The summed E-state index contributed by atoms with van der Waals surface area (Å²) in [5.74, 6) is 0.495. The van der Waals surface area contributed by atoms with Crippen molar-refractivity contribution in [3.63, 3.8) is 0 Å². The number of thiocarbonyl (C=S) groups is 1. The number of benzene rings is 2. The highest BCUT2D eigenvalue weighted by atomic mass is 32.1. The van der Waals surface area contributed by atoms with E-state index in [4.69, 9.17) is 22.2 Å². The van der Waals surface area contributed by atoms with Gasteiger partial charge in [-0.3, -0.25) is 20.5 Å². The van der Waals surface area contributed by atoms with Gasteiger partial charge in [-0.15, -0.1) is 0 Å². The van der Waals surface area contributed by atoms with Crippen molar-refractivity contribution in [3.05, 3.63) is 71.9 Å². The van der Waals surface area contributed by atoms with Gasteiger partial charge in [-0.1, -0.05) is 18.3 Å². The van der Waals surface area contributed by atoms with Gasteiger partial charge in [0, 0.05) is 22.7 Å². The minimum atomic E-state index is -0.158. The van der Waals surface area contributed by atoms with Gasteiger partial charge < -0.3 is 10.1 Å². The van der Waals surface area contributed by atoms with E-state index in [-0.39, 0.29) is 10.9 Å². The standard InChI is InChI=1S/C19H17N3O3S/c23-18(15-5-8-17-14(12-15)2-1-9-20-17)21-10-11-25-16-6-3-13(4-7-16)19(26)22-24/h1-9,12,24H,10-11H2,(H,21,23)(H,22,26). The highest BCUT2D eigenvalue weighted by Crippen LogP contribution is 2.14. The Labute approximate surface area is 155 Å². The normalized spacial score (nSPS) is 10.3. The number of hydroxylamine groups is 1. The fourth-order valence-electron chi connectivity index (χ4n) is 2.42. The molecule has 0 saturated carbocycles. The molecule has 2 aromatic carbocycles. The third-order valence-corrected chi connectivity index (χ3v) is 4.07. The summed E-state index contributed by atoms with van der Waals surface area (Å²) in [6.45, 7) is 0.713. The Morgan fingerprint density at radius 3 is 2.65 bits per heavy atom. The number of hydrogen-bond donors (Lipinski definition) is 3. The van der Waals surface area contributed by atoms with Crippen molar-refractivity contribution >= 4 is 34.0 Å². The number of nitrogens with one attached hydrogen (secondary N) is 2. The van der Waals surface area contributed by atoms with E-state index in [0.717, 1.165) is 10.9 Å². The van der Waals surface area contributed by atoms with Crippen molar-refractivity contribution in [1.82, 2.24) is 15.8 Å². The van der Waals surface area contributed by atoms with Crippen LogP contribution in [0.3, 0.4) is 0 Å². The van der Waals surface area contributed by atoms with Gasteiger partial charge in [0.05, 0.1) is 12.1 Å². The first-order valence-electron chi connectivity index (χ1n) is 7.97. The third kappa shape index (κ3) is 4.33. The van der Waals surface area contributed by atoms with Crippen LogP contribution in [-0.2, 0) is 0 Å². The molecule has 3 rings (SSSR count). The van der Waals surface area contributed by atoms with Crippen LogP contribution in [-0.4, -0.2) is 34.2 Å². The lowest BCUT2D eigenvalue weighted by atomic mass is 10.1.